The molecule has 0 spiro atoms. The van der Waals surface area contributed by atoms with E-state index >= 15 is 0 Å². The molecule has 104 valence electrons. The number of aliphatic hydroxyl groups is 1. The topological polar surface area (TPSA) is 42.4 Å². The van der Waals surface area contributed by atoms with E-state index in [9.17, 15) is 5.11 Å². The van der Waals surface area contributed by atoms with Crippen molar-refractivity contribution in [2.45, 2.75) is 24.9 Å². The molecule has 1 fully saturated rings. The van der Waals surface area contributed by atoms with E-state index in [0.29, 0.717) is 0 Å². The first-order valence-electron chi connectivity index (χ1n) is 7.05. The van der Waals surface area contributed by atoms with Crippen molar-refractivity contribution in [3.05, 3.63) is 65.5 Å². The molecule has 3 nitrogen and oxygen atoms in total. The fraction of sp³-hybridized carbons (Fsp3) is 0.353. The summed E-state index contributed by atoms with van der Waals surface area (Å²) >= 11 is 0. The van der Waals surface area contributed by atoms with Crippen molar-refractivity contribution >= 4 is 0 Å². The molecular weight excluding hydrogens is 250 g/mol. The molecule has 1 aromatic heterocycles. The molecule has 20 heavy (non-hydrogen) atoms. The first-order valence-corrected chi connectivity index (χ1v) is 7.05. The van der Waals surface area contributed by atoms with Gasteiger partial charge in [-0.1, -0.05) is 30.3 Å². The molecule has 1 aliphatic rings. The summed E-state index contributed by atoms with van der Waals surface area (Å²) in [7, 11) is 0. The molecule has 0 aliphatic carbocycles. The molecule has 0 unspecified atom stereocenters. The van der Waals surface area contributed by atoms with Crippen LogP contribution in [0, 0.1) is 0 Å². The van der Waals surface area contributed by atoms with Crippen molar-refractivity contribution in [1.82, 2.24) is 4.98 Å². The number of aliphatic hydroxyl groups excluding tert-OH is 1. The second kappa shape index (κ2) is 5.73. The predicted octanol–water partition coefficient (Wildman–Crippen LogP) is 2.67. The van der Waals surface area contributed by atoms with Crippen LogP contribution in [0.5, 0.6) is 0 Å². The molecule has 1 saturated heterocycles. The summed E-state index contributed by atoms with van der Waals surface area (Å²) in [6.07, 6.45) is 3.72. The van der Waals surface area contributed by atoms with Crippen molar-refractivity contribution in [3.63, 3.8) is 0 Å². The highest BCUT2D eigenvalue weighted by Gasteiger charge is 2.36. The van der Waals surface area contributed by atoms with Crippen LogP contribution in [0.4, 0.5) is 0 Å². The molecule has 2 heterocycles. The number of hydrogen-bond acceptors (Lipinski definition) is 3. The number of aromatic nitrogens is 1. The van der Waals surface area contributed by atoms with Gasteiger partial charge in [-0.2, -0.15) is 0 Å². The van der Waals surface area contributed by atoms with Gasteiger partial charge in [0.15, 0.2) is 0 Å². The second-order valence-electron chi connectivity index (χ2n) is 5.25. The minimum Gasteiger partial charge on any atom is -0.390 e. The van der Waals surface area contributed by atoms with E-state index < -0.39 is 0 Å². The van der Waals surface area contributed by atoms with Gasteiger partial charge in [0.05, 0.1) is 12.3 Å². The minimum atomic E-state index is -0.0215. The van der Waals surface area contributed by atoms with E-state index in [0.717, 1.165) is 31.7 Å². The SMILES string of the molecule is OCc1cc(C2(c3ccccc3)CCOCC2)ccn1. The third kappa shape index (κ3) is 2.35. The van der Waals surface area contributed by atoms with Crippen LogP contribution >= 0.6 is 0 Å². The summed E-state index contributed by atoms with van der Waals surface area (Å²) in [6, 6.07) is 14.7. The molecule has 2 aromatic rings. The lowest BCUT2D eigenvalue weighted by atomic mass is 9.69. The van der Waals surface area contributed by atoms with Gasteiger partial charge in [0.2, 0.25) is 0 Å². The Morgan fingerprint density at radius 2 is 1.80 bits per heavy atom. The Kier molecular flexibility index (Phi) is 3.81. The van der Waals surface area contributed by atoms with E-state index in [4.69, 9.17) is 4.74 Å². The quantitative estimate of drug-likeness (QED) is 0.931. The predicted molar refractivity (Wildman–Crippen MR) is 77.4 cm³/mol. The van der Waals surface area contributed by atoms with Crippen LogP contribution in [0.3, 0.4) is 0 Å². The zero-order valence-electron chi connectivity index (χ0n) is 11.5. The van der Waals surface area contributed by atoms with Crippen molar-refractivity contribution < 1.29 is 9.84 Å². The largest absolute Gasteiger partial charge is 0.390 e. The van der Waals surface area contributed by atoms with E-state index in [1.807, 2.05) is 12.1 Å². The molecule has 1 N–H and O–H groups in total. The summed E-state index contributed by atoms with van der Waals surface area (Å²) in [6.45, 7) is 1.52. The van der Waals surface area contributed by atoms with Crippen molar-refractivity contribution in [1.29, 1.82) is 0 Å². The molecule has 0 saturated carbocycles. The summed E-state index contributed by atoms with van der Waals surface area (Å²) in [5.41, 5.74) is 3.25. The average molecular weight is 269 g/mol. The minimum absolute atomic E-state index is 0.0186. The number of ether oxygens (including phenoxy) is 1. The van der Waals surface area contributed by atoms with Gasteiger partial charge in [0.25, 0.3) is 0 Å². The monoisotopic (exact) mass is 269 g/mol. The van der Waals surface area contributed by atoms with Gasteiger partial charge < -0.3 is 9.84 Å². The highest BCUT2D eigenvalue weighted by Crippen LogP contribution is 2.41. The maximum Gasteiger partial charge on any atom is 0.0853 e. The van der Waals surface area contributed by atoms with Gasteiger partial charge >= 0.3 is 0 Å². The van der Waals surface area contributed by atoms with Crippen molar-refractivity contribution in [3.8, 4) is 0 Å². The van der Waals surface area contributed by atoms with E-state index in [1.165, 1.54) is 11.1 Å². The van der Waals surface area contributed by atoms with Crippen LogP contribution in [-0.4, -0.2) is 23.3 Å². The fourth-order valence-electron chi connectivity index (χ4n) is 3.08. The van der Waals surface area contributed by atoms with Crippen LogP contribution in [0.2, 0.25) is 0 Å². The second-order valence-corrected chi connectivity index (χ2v) is 5.25. The number of pyridine rings is 1. The normalized spacial score (nSPS) is 17.9. The lowest BCUT2D eigenvalue weighted by Crippen LogP contribution is -2.35. The van der Waals surface area contributed by atoms with E-state index in [-0.39, 0.29) is 12.0 Å². The molecular formula is C17H19NO2. The third-order valence-electron chi connectivity index (χ3n) is 4.20. The zero-order valence-corrected chi connectivity index (χ0v) is 11.5. The molecule has 0 amide bonds. The van der Waals surface area contributed by atoms with Gasteiger partial charge in [0.1, 0.15) is 0 Å². The molecule has 1 aromatic carbocycles. The lowest BCUT2D eigenvalue weighted by Gasteiger charge is -2.38. The summed E-state index contributed by atoms with van der Waals surface area (Å²) in [5.74, 6) is 0. The van der Waals surface area contributed by atoms with Crippen LogP contribution in [0.25, 0.3) is 0 Å². The molecule has 3 rings (SSSR count). The number of benzene rings is 1. The van der Waals surface area contributed by atoms with Crippen LogP contribution < -0.4 is 0 Å². The fourth-order valence-corrected chi connectivity index (χ4v) is 3.08. The lowest BCUT2D eigenvalue weighted by molar-refractivity contribution is 0.0630. The molecule has 0 bridgehead atoms. The van der Waals surface area contributed by atoms with E-state index in [1.54, 1.807) is 6.20 Å². The van der Waals surface area contributed by atoms with Crippen LogP contribution in [0.1, 0.15) is 29.7 Å². The van der Waals surface area contributed by atoms with Crippen LogP contribution in [0.15, 0.2) is 48.7 Å². The number of nitrogens with zero attached hydrogens (tertiary/aromatic N) is 1. The van der Waals surface area contributed by atoms with Gasteiger partial charge in [0, 0.05) is 24.8 Å². The Balaban J connectivity index is 2.10. The molecule has 0 radical (unpaired) electrons. The summed E-state index contributed by atoms with van der Waals surface area (Å²) in [4.78, 5) is 4.20. The summed E-state index contributed by atoms with van der Waals surface area (Å²) in [5, 5.41) is 9.33. The van der Waals surface area contributed by atoms with Gasteiger partial charge in [-0.15, -0.1) is 0 Å². The van der Waals surface area contributed by atoms with E-state index in [2.05, 4.69) is 35.3 Å². The first-order chi connectivity index (χ1) is 9.85. The molecule has 1 aliphatic heterocycles. The summed E-state index contributed by atoms with van der Waals surface area (Å²) < 4.78 is 5.56. The number of hydrogen-bond donors (Lipinski definition) is 1. The third-order valence-corrected chi connectivity index (χ3v) is 4.20. The molecule has 3 heteroatoms. The zero-order chi connectivity index (χ0) is 13.8. The van der Waals surface area contributed by atoms with Crippen molar-refractivity contribution in [2.24, 2.45) is 0 Å². The van der Waals surface area contributed by atoms with Crippen LogP contribution in [-0.2, 0) is 16.8 Å². The first kappa shape index (κ1) is 13.3. The van der Waals surface area contributed by atoms with Gasteiger partial charge in [-0.3, -0.25) is 4.98 Å². The Morgan fingerprint density at radius 1 is 1.05 bits per heavy atom. The van der Waals surface area contributed by atoms with Crippen molar-refractivity contribution in [2.75, 3.05) is 13.2 Å². The highest BCUT2D eigenvalue weighted by molar-refractivity contribution is 5.40. The Labute approximate surface area is 119 Å². The number of rotatable bonds is 3. The Bertz CT molecular complexity index is 562. The molecule has 0 atom stereocenters. The maximum atomic E-state index is 9.33. The highest BCUT2D eigenvalue weighted by atomic mass is 16.5. The standard InChI is InChI=1S/C17H19NO2/c19-13-16-12-15(6-9-18-16)17(7-10-20-11-8-17)14-4-2-1-3-5-14/h1-6,9,12,19H,7-8,10-11,13H2. The Hall–Kier alpha value is -1.71. The van der Waals surface area contributed by atoms with Gasteiger partial charge in [-0.05, 0) is 36.1 Å². The Morgan fingerprint density at radius 3 is 2.50 bits per heavy atom. The van der Waals surface area contributed by atoms with Gasteiger partial charge in [-0.25, -0.2) is 0 Å². The maximum absolute atomic E-state index is 9.33. The smallest absolute Gasteiger partial charge is 0.0853 e. The average Bonchev–Trinajstić information content (AvgIpc) is 2.56.